The van der Waals surface area contributed by atoms with Crippen LogP contribution < -0.4 is 44.6 Å². The van der Waals surface area contributed by atoms with Crippen LogP contribution in [0.4, 0.5) is 0 Å². The first kappa shape index (κ1) is 39.2. The maximum Gasteiger partial charge on any atom is 0.249 e. The number of nitrogens with zero attached hydrogens (tertiary/aromatic N) is 1. The van der Waals surface area contributed by atoms with Crippen LogP contribution in [0.1, 0.15) is 39.5 Å². The molecule has 18 nitrogen and oxygen atoms in total. The number of aliphatic imine (C=N–C) groups is 1. The molecule has 14 unspecified atom stereocenters. The van der Waals surface area contributed by atoms with Crippen molar-refractivity contribution in [2.24, 2.45) is 39.6 Å². The van der Waals surface area contributed by atoms with E-state index in [0.717, 1.165) is 0 Å². The highest BCUT2D eigenvalue weighted by molar-refractivity contribution is 5.81. The number of aliphatic hydroxyl groups excluding tert-OH is 4. The number of amides is 1. The van der Waals surface area contributed by atoms with E-state index in [-0.39, 0.29) is 38.5 Å². The van der Waals surface area contributed by atoms with E-state index in [1.54, 1.807) is 14.0 Å². The van der Waals surface area contributed by atoms with Crippen molar-refractivity contribution < 1.29 is 44.5 Å². The van der Waals surface area contributed by atoms with Crippen LogP contribution in [0.2, 0.25) is 0 Å². The molecule has 18 heteroatoms. The van der Waals surface area contributed by atoms with E-state index in [9.17, 15) is 30.3 Å². The average Bonchev–Trinajstić information content (AvgIpc) is 2.99. The van der Waals surface area contributed by atoms with Gasteiger partial charge in [-0.25, -0.2) is 0 Å². The van der Waals surface area contributed by atoms with Crippen LogP contribution in [0.25, 0.3) is 0 Å². The van der Waals surface area contributed by atoms with Crippen molar-refractivity contribution in [2.75, 3.05) is 33.3 Å². The van der Waals surface area contributed by atoms with E-state index in [4.69, 9.17) is 42.9 Å². The lowest BCUT2D eigenvalue weighted by atomic mass is 9.72. The average molecular weight is 676 g/mol. The molecule has 1 aliphatic carbocycles. The topological polar surface area (TPSA) is 324 Å². The van der Waals surface area contributed by atoms with Crippen LogP contribution in [0.15, 0.2) is 16.8 Å². The van der Waals surface area contributed by atoms with E-state index < -0.39 is 90.5 Å². The Hall–Kier alpha value is -2.20. The van der Waals surface area contributed by atoms with Crippen LogP contribution in [0, 0.1) is 5.92 Å². The van der Waals surface area contributed by atoms with Gasteiger partial charge in [-0.05, 0) is 52.8 Å². The zero-order valence-corrected chi connectivity index (χ0v) is 27.4. The van der Waals surface area contributed by atoms with Gasteiger partial charge in [0.25, 0.3) is 0 Å². The number of hydrogen-bond acceptors (Lipinski definition) is 15. The molecule has 1 amide bonds. The first-order valence-corrected chi connectivity index (χ1v) is 16.2. The third kappa shape index (κ3) is 10.2. The molecular formula is C29H57N9O9. The van der Waals surface area contributed by atoms with Gasteiger partial charge in [0.1, 0.15) is 35.8 Å². The predicted molar refractivity (Wildman–Crippen MR) is 172 cm³/mol. The molecule has 0 bridgehead atoms. The number of rotatable bonds is 15. The summed E-state index contributed by atoms with van der Waals surface area (Å²) in [5.74, 6) is -1.24. The molecule has 1 saturated carbocycles. The number of hydrogen-bond donors (Lipinski definition) is 13. The van der Waals surface area contributed by atoms with Gasteiger partial charge in [0.05, 0.1) is 43.5 Å². The number of guanidine groups is 1. The van der Waals surface area contributed by atoms with Gasteiger partial charge in [-0.3, -0.25) is 9.79 Å². The highest BCUT2D eigenvalue weighted by Crippen LogP contribution is 2.37. The lowest BCUT2D eigenvalue weighted by Gasteiger charge is -2.51. The van der Waals surface area contributed by atoms with Crippen LogP contribution >= 0.6 is 0 Å². The standard InChI is InChI=1S/C29H57N9O9/c1-13(37-28(33)34)8-19(40)26(43)38-18-9-16(32)20(23-17(5-4-15(10-31)46-23)36-11-14(39)6-7-30)21(41)24(18)47-27-22(42)25(35-3)29(2,44)12-45-27/h4,13-14,16-25,27,35-36,39-42,44H,5-12,30-32H2,1-3H3,(H,38,43)(H4,33,34,37). The summed E-state index contributed by atoms with van der Waals surface area (Å²) in [5, 5.41) is 63.8. The molecule has 3 rings (SSSR count). The molecule has 47 heavy (non-hydrogen) atoms. The molecule has 0 aromatic heterocycles. The first-order chi connectivity index (χ1) is 22.1. The Kier molecular flexibility index (Phi) is 14.6. The fraction of sp³-hybridized carbons (Fsp3) is 0.862. The number of likely N-dealkylation sites (N-methyl/N-ethyl adjacent to an activating group) is 1. The molecule has 0 aromatic rings. The van der Waals surface area contributed by atoms with Crippen LogP contribution in [0.5, 0.6) is 0 Å². The van der Waals surface area contributed by atoms with E-state index in [1.165, 1.54) is 6.92 Å². The number of carbonyl (C=O) groups is 1. The summed E-state index contributed by atoms with van der Waals surface area (Å²) in [4.78, 5) is 17.1. The highest BCUT2D eigenvalue weighted by atomic mass is 16.7. The third-order valence-corrected chi connectivity index (χ3v) is 9.12. The second-order valence-corrected chi connectivity index (χ2v) is 13.1. The molecule has 0 radical (unpaired) electrons. The molecule has 0 spiro atoms. The summed E-state index contributed by atoms with van der Waals surface area (Å²) in [6.45, 7) is 3.58. The molecule has 3 aliphatic rings. The molecule has 1 saturated heterocycles. The summed E-state index contributed by atoms with van der Waals surface area (Å²) in [7, 11) is 1.57. The Labute approximate surface area is 275 Å². The van der Waals surface area contributed by atoms with Crippen LogP contribution in [0.3, 0.4) is 0 Å². The second kappa shape index (κ2) is 17.5. The monoisotopic (exact) mass is 675 g/mol. The minimum atomic E-state index is -1.51. The van der Waals surface area contributed by atoms with E-state index in [0.29, 0.717) is 25.1 Å². The van der Waals surface area contributed by atoms with Gasteiger partial charge in [0.2, 0.25) is 5.91 Å². The van der Waals surface area contributed by atoms with Crippen molar-refractivity contribution >= 4 is 11.9 Å². The largest absolute Gasteiger partial charge is 0.492 e. The highest BCUT2D eigenvalue weighted by Gasteiger charge is 2.53. The molecule has 272 valence electrons. The lowest BCUT2D eigenvalue weighted by molar-refractivity contribution is -0.297. The lowest BCUT2D eigenvalue weighted by Crippen LogP contribution is -2.69. The zero-order valence-electron chi connectivity index (χ0n) is 27.4. The molecule has 2 heterocycles. The van der Waals surface area contributed by atoms with Crippen LogP contribution in [-0.4, -0.2) is 149 Å². The van der Waals surface area contributed by atoms with Crippen molar-refractivity contribution in [3.8, 4) is 0 Å². The zero-order chi connectivity index (χ0) is 35.1. The smallest absolute Gasteiger partial charge is 0.249 e. The minimum Gasteiger partial charge on any atom is -0.492 e. The summed E-state index contributed by atoms with van der Waals surface area (Å²) in [6, 6.07) is -3.51. The maximum atomic E-state index is 13.2. The Bertz CT molecular complexity index is 1070. The van der Waals surface area contributed by atoms with E-state index >= 15 is 0 Å². The number of carbonyl (C=O) groups excluding carboxylic acids is 1. The summed E-state index contributed by atoms with van der Waals surface area (Å²) in [6.07, 6.45) is -5.56. The number of aliphatic hydroxyl groups is 5. The van der Waals surface area contributed by atoms with Gasteiger partial charge in [-0.15, -0.1) is 0 Å². The molecular weight excluding hydrogens is 618 g/mol. The van der Waals surface area contributed by atoms with Gasteiger partial charge < -0.3 is 84.4 Å². The van der Waals surface area contributed by atoms with Gasteiger partial charge in [-0.2, -0.15) is 0 Å². The van der Waals surface area contributed by atoms with Crippen molar-refractivity contribution in [1.29, 1.82) is 0 Å². The Morgan fingerprint density at radius 1 is 1.21 bits per heavy atom. The van der Waals surface area contributed by atoms with Crippen LogP contribution in [-0.2, 0) is 19.0 Å². The number of nitrogens with two attached hydrogens (primary N) is 5. The second-order valence-electron chi connectivity index (χ2n) is 13.1. The third-order valence-electron chi connectivity index (χ3n) is 9.12. The molecule has 0 aromatic carbocycles. The Morgan fingerprint density at radius 2 is 1.91 bits per heavy atom. The Morgan fingerprint density at radius 3 is 2.53 bits per heavy atom. The summed E-state index contributed by atoms with van der Waals surface area (Å²) >= 11 is 0. The van der Waals surface area contributed by atoms with Crippen molar-refractivity contribution in [3.63, 3.8) is 0 Å². The Balaban J connectivity index is 1.90. The normalized spacial score (nSPS) is 38.0. The molecule has 14 atom stereocenters. The van der Waals surface area contributed by atoms with E-state index in [2.05, 4.69) is 20.9 Å². The predicted octanol–water partition coefficient (Wildman–Crippen LogP) is -5.67. The molecule has 18 N–H and O–H groups in total. The van der Waals surface area contributed by atoms with Gasteiger partial charge in [-0.1, -0.05) is 0 Å². The quantitative estimate of drug-likeness (QED) is 0.0568. The van der Waals surface area contributed by atoms with Gasteiger partial charge in [0, 0.05) is 31.0 Å². The van der Waals surface area contributed by atoms with E-state index in [1.807, 2.05) is 6.08 Å². The number of ether oxygens (including phenoxy) is 3. The summed E-state index contributed by atoms with van der Waals surface area (Å²) < 4.78 is 18.2. The SMILES string of the molecule is CNC1C(O)C(OC2C(NC(=O)C(O)CC(C)N=C(N)N)CC(N)C(C3OC(CN)=CCC3NCC(O)CCN)C2O)OCC1(C)O. The first-order valence-electron chi connectivity index (χ1n) is 16.2. The molecule has 2 aliphatic heterocycles. The summed E-state index contributed by atoms with van der Waals surface area (Å²) in [5.41, 5.74) is 27.6. The van der Waals surface area contributed by atoms with Gasteiger partial charge in [0.15, 0.2) is 12.2 Å². The van der Waals surface area contributed by atoms with Crippen molar-refractivity contribution in [3.05, 3.63) is 11.8 Å². The number of nitrogens with one attached hydrogen (secondary N) is 3. The fourth-order valence-corrected chi connectivity index (χ4v) is 6.74. The van der Waals surface area contributed by atoms with Gasteiger partial charge >= 0.3 is 0 Å². The fourth-order valence-electron chi connectivity index (χ4n) is 6.74. The molecule has 2 fully saturated rings. The maximum absolute atomic E-state index is 13.2. The minimum absolute atomic E-state index is 0.0777. The van der Waals surface area contributed by atoms with Crippen molar-refractivity contribution in [1.82, 2.24) is 16.0 Å². The van der Waals surface area contributed by atoms with Crippen molar-refractivity contribution in [2.45, 2.75) is 118 Å².